The van der Waals surface area contributed by atoms with Crippen LogP contribution in [-0.2, 0) is 4.79 Å². The molecule has 1 aliphatic carbocycles. The number of aryl methyl sites for hydroxylation is 1. The fraction of sp³-hybridized carbons (Fsp3) is 0.429. The van der Waals surface area contributed by atoms with Crippen molar-refractivity contribution in [3.63, 3.8) is 0 Å². The molecule has 1 aromatic rings. The summed E-state index contributed by atoms with van der Waals surface area (Å²) >= 11 is 3.36. The lowest BCUT2D eigenvalue weighted by molar-refractivity contribution is -0.142. The number of aliphatic carboxylic acids is 1. The maximum Gasteiger partial charge on any atom is 0.308 e. The van der Waals surface area contributed by atoms with Crippen LogP contribution in [0.3, 0.4) is 0 Å². The van der Waals surface area contributed by atoms with Crippen molar-refractivity contribution in [1.29, 1.82) is 0 Å². The normalized spacial score (nSPS) is 22.2. The van der Waals surface area contributed by atoms with E-state index in [-0.39, 0.29) is 11.9 Å². The first kappa shape index (κ1) is 14.1. The van der Waals surface area contributed by atoms with Gasteiger partial charge in [0, 0.05) is 10.5 Å². The van der Waals surface area contributed by atoms with E-state index in [1.165, 1.54) is 0 Å². The molecule has 19 heavy (non-hydrogen) atoms. The van der Waals surface area contributed by atoms with E-state index in [1.807, 2.05) is 19.1 Å². The van der Waals surface area contributed by atoms with E-state index in [9.17, 15) is 9.59 Å². The van der Waals surface area contributed by atoms with Crippen LogP contribution < -0.4 is 5.32 Å². The molecule has 1 fully saturated rings. The highest BCUT2D eigenvalue weighted by Crippen LogP contribution is 2.27. The third-order valence-electron chi connectivity index (χ3n) is 3.52. The molecule has 0 heterocycles. The second kappa shape index (κ2) is 5.74. The van der Waals surface area contributed by atoms with Crippen LogP contribution in [0.15, 0.2) is 22.7 Å². The predicted octanol–water partition coefficient (Wildman–Crippen LogP) is 2.74. The molecular weight excluding hydrogens is 310 g/mol. The molecule has 0 aliphatic heterocycles. The Labute approximate surface area is 120 Å². The van der Waals surface area contributed by atoms with Crippen LogP contribution in [0.5, 0.6) is 0 Å². The average Bonchev–Trinajstić information content (AvgIpc) is 2.76. The van der Waals surface area contributed by atoms with Gasteiger partial charge >= 0.3 is 5.97 Å². The van der Waals surface area contributed by atoms with Crippen molar-refractivity contribution in [1.82, 2.24) is 5.32 Å². The van der Waals surface area contributed by atoms with Crippen molar-refractivity contribution in [2.45, 2.75) is 32.2 Å². The fourth-order valence-corrected chi connectivity index (χ4v) is 3.15. The molecule has 2 N–H and O–H groups in total. The summed E-state index contributed by atoms with van der Waals surface area (Å²) in [4.78, 5) is 23.2. The van der Waals surface area contributed by atoms with E-state index < -0.39 is 11.9 Å². The highest BCUT2D eigenvalue weighted by atomic mass is 79.9. The van der Waals surface area contributed by atoms with Gasteiger partial charge in [0.15, 0.2) is 0 Å². The molecule has 4 nitrogen and oxygen atoms in total. The number of halogens is 1. The number of hydrogen-bond donors (Lipinski definition) is 2. The van der Waals surface area contributed by atoms with E-state index in [2.05, 4.69) is 21.2 Å². The lowest BCUT2D eigenvalue weighted by Crippen LogP contribution is -2.40. The Kier molecular flexibility index (Phi) is 4.24. The summed E-state index contributed by atoms with van der Waals surface area (Å²) in [5, 5.41) is 11.9. The van der Waals surface area contributed by atoms with Crippen molar-refractivity contribution < 1.29 is 14.7 Å². The largest absolute Gasteiger partial charge is 0.481 e. The molecule has 0 bridgehead atoms. The zero-order valence-electron chi connectivity index (χ0n) is 10.6. The van der Waals surface area contributed by atoms with Gasteiger partial charge in [-0.2, -0.15) is 0 Å². The topological polar surface area (TPSA) is 66.4 Å². The first-order valence-corrected chi connectivity index (χ1v) is 7.08. The maximum atomic E-state index is 12.2. The zero-order chi connectivity index (χ0) is 14.0. The number of hydrogen-bond acceptors (Lipinski definition) is 2. The predicted molar refractivity (Wildman–Crippen MR) is 75.1 cm³/mol. The fourth-order valence-electron chi connectivity index (χ4n) is 2.48. The summed E-state index contributed by atoms with van der Waals surface area (Å²) < 4.78 is 0.731. The van der Waals surface area contributed by atoms with Crippen LogP contribution in [0.1, 0.15) is 35.2 Å². The van der Waals surface area contributed by atoms with Crippen molar-refractivity contribution in [3.8, 4) is 0 Å². The molecule has 1 aliphatic rings. The number of carbonyl (C=O) groups is 2. The number of rotatable bonds is 3. The van der Waals surface area contributed by atoms with E-state index in [0.717, 1.165) is 22.9 Å². The molecule has 1 amide bonds. The third kappa shape index (κ3) is 3.15. The van der Waals surface area contributed by atoms with E-state index >= 15 is 0 Å². The van der Waals surface area contributed by atoms with Gasteiger partial charge in [0.05, 0.1) is 11.5 Å². The molecule has 2 rings (SSSR count). The summed E-state index contributed by atoms with van der Waals surface area (Å²) in [5.74, 6) is -1.51. The Morgan fingerprint density at radius 1 is 1.37 bits per heavy atom. The molecule has 5 heteroatoms. The first-order chi connectivity index (χ1) is 8.99. The molecule has 0 spiro atoms. The second-order valence-corrected chi connectivity index (χ2v) is 5.79. The van der Waals surface area contributed by atoms with Gasteiger partial charge < -0.3 is 10.4 Å². The summed E-state index contributed by atoms with van der Waals surface area (Å²) in [5.41, 5.74) is 1.61. The van der Waals surface area contributed by atoms with E-state index in [1.54, 1.807) is 6.07 Å². The Morgan fingerprint density at radius 2 is 2.11 bits per heavy atom. The van der Waals surface area contributed by atoms with Gasteiger partial charge in [-0.15, -0.1) is 0 Å². The van der Waals surface area contributed by atoms with Crippen LogP contribution >= 0.6 is 15.9 Å². The monoisotopic (exact) mass is 325 g/mol. The standard InChI is InChI=1S/C14H16BrNO3/c1-8-5-6-9(11(15)7-8)13(17)16-12-4-2-3-10(12)14(18)19/h5-7,10,12H,2-4H2,1H3,(H,16,17)(H,18,19)/t10-,12+/m0/s1. The lowest BCUT2D eigenvalue weighted by Gasteiger charge is -2.18. The minimum Gasteiger partial charge on any atom is -0.481 e. The SMILES string of the molecule is Cc1ccc(C(=O)N[C@@H]2CCC[C@@H]2C(=O)O)c(Br)c1. The molecule has 1 saturated carbocycles. The maximum absolute atomic E-state index is 12.2. The van der Waals surface area contributed by atoms with Gasteiger partial charge in [0.2, 0.25) is 0 Å². The van der Waals surface area contributed by atoms with Crippen molar-refractivity contribution in [3.05, 3.63) is 33.8 Å². The van der Waals surface area contributed by atoms with Crippen LogP contribution in [0, 0.1) is 12.8 Å². The Balaban J connectivity index is 2.10. The smallest absolute Gasteiger partial charge is 0.308 e. The van der Waals surface area contributed by atoms with Gasteiger partial charge in [-0.25, -0.2) is 0 Å². The first-order valence-electron chi connectivity index (χ1n) is 6.29. The Hall–Kier alpha value is -1.36. The molecule has 1 aromatic carbocycles. The zero-order valence-corrected chi connectivity index (χ0v) is 12.2. The van der Waals surface area contributed by atoms with E-state index in [0.29, 0.717) is 12.0 Å². The lowest BCUT2D eigenvalue weighted by atomic mass is 10.0. The van der Waals surface area contributed by atoms with Crippen LogP contribution in [0.4, 0.5) is 0 Å². The number of nitrogens with one attached hydrogen (secondary N) is 1. The van der Waals surface area contributed by atoms with Crippen LogP contribution in [-0.4, -0.2) is 23.0 Å². The summed E-state index contributed by atoms with van der Waals surface area (Å²) in [6.45, 7) is 1.95. The highest BCUT2D eigenvalue weighted by Gasteiger charge is 2.34. The van der Waals surface area contributed by atoms with Crippen LogP contribution in [0.2, 0.25) is 0 Å². The minimum atomic E-state index is -0.828. The van der Waals surface area contributed by atoms with Crippen molar-refractivity contribution >= 4 is 27.8 Å². The molecule has 2 atom stereocenters. The molecule has 0 aromatic heterocycles. The van der Waals surface area contributed by atoms with Gasteiger partial charge in [0.25, 0.3) is 5.91 Å². The van der Waals surface area contributed by atoms with Gasteiger partial charge in [0.1, 0.15) is 0 Å². The highest BCUT2D eigenvalue weighted by molar-refractivity contribution is 9.10. The molecular formula is C14H16BrNO3. The Morgan fingerprint density at radius 3 is 2.74 bits per heavy atom. The average molecular weight is 326 g/mol. The molecule has 102 valence electrons. The van der Waals surface area contributed by atoms with Crippen molar-refractivity contribution in [2.75, 3.05) is 0 Å². The molecule has 0 radical (unpaired) electrons. The Bertz CT molecular complexity index is 515. The summed E-state index contributed by atoms with van der Waals surface area (Å²) in [6, 6.07) is 5.22. The van der Waals surface area contributed by atoms with E-state index in [4.69, 9.17) is 5.11 Å². The molecule has 0 saturated heterocycles. The number of carbonyl (C=O) groups excluding carboxylic acids is 1. The van der Waals surface area contributed by atoms with Crippen molar-refractivity contribution in [2.24, 2.45) is 5.92 Å². The van der Waals surface area contributed by atoms with Crippen LogP contribution in [0.25, 0.3) is 0 Å². The quantitative estimate of drug-likeness (QED) is 0.897. The van der Waals surface area contributed by atoms with Gasteiger partial charge in [-0.3, -0.25) is 9.59 Å². The van der Waals surface area contributed by atoms with Gasteiger partial charge in [-0.05, 0) is 53.4 Å². The summed E-state index contributed by atoms with van der Waals surface area (Å²) in [6.07, 6.45) is 2.21. The molecule has 0 unspecified atom stereocenters. The number of amides is 1. The third-order valence-corrected chi connectivity index (χ3v) is 4.17. The second-order valence-electron chi connectivity index (χ2n) is 4.94. The minimum absolute atomic E-state index is 0.218. The number of carboxylic acid groups (broad SMARTS) is 1. The number of carboxylic acids is 1. The summed E-state index contributed by atoms with van der Waals surface area (Å²) in [7, 11) is 0. The van der Waals surface area contributed by atoms with Gasteiger partial charge in [-0.1, -0.05) is 12.5 Å². The number of benzene rings is 1.